The highest BCUT2D eigenvalue weighted by Gasteiger charge is 2.23. The van der Waals surface area contributed by atoms with Crippen LogP contribution in [0.2, 0.25) is 0 Å². The van der Waals surface area contributed by atoms with E-state index in [-0.39, 0.29) is 28.4 Å². The second-order valence-electron chi connectivity index (χ2n) is 6.36. The first-order chi connectivity index (χ1) is 14.3. The molecule has 9 nitrogen and oxygen atoms in total. The SMILES string of the molecule is COc1cc([N+](=O)[O-])ccc1NC(=O)[C@@H](C)OC(=O)c1ccc2ccccc2c1O. The summed E-state index contributed by atoms with van der Waals surface area (Å²) in [6.07, 6.45) is -1.21. The minimum absolute atomic E-state index is 0.0683. The predicted molar refractivity (Wildman–Crippen MR) is 109 cm³/mol. The van der Waals surface area contributed by atoms with Crippen molar-refractivity contribution >= 4 is 34.0 Å². The third-order valence-corrected chi connectivity index (χ3v) is 4.43. The van der Waals surface area contributed by atoms with Gasteiger partial charge in [-0.25, -0.2) is 4.79 Å². The molecule has 3 aromatic rings. The van der Waals surface area contributed by atoms with Gasteiger partial charge in [0.05, 0.1) is 23.8 Å². The van der Waals surface area contributed by atoms with Gasteiger partial charge < -0.3 is 19.9 Å². The fourth-order valence-corrected chi connectivity index (χ4v) is 2.83. The van der Waals surface area contributed by atoms with Crippen molar-refractivity contribution in [2.45, 2.75) is 13.0 Å². The molecule has 0 aliphatic carbocycles. The van der Waals surface area contributed by atoms with E-state index in [1.807, 2.05) is 0 Å². The maximum atomic E-state index is 12.5. The first kappa shape index (κ1) is 20.6. The summed E-state index contributed by atoms with van der Waals surface area (Å²) in [5, 5.41) is 25.0. The van der Waals surface area contributed by atoms with Crippen LogP contribution in [-0.2, 0) is 9.53 Å². The first-order valence-corrected chi connectivity index (χ1v) is 8.86. The van der Waals surface area contributed by atoms with Crippen molar-refractivity contribution in [3.63, 3.8) is 0 Å². The van der Waals surface area contributed by atoms with Crippen LogP contribution in [0.1, 0.15) is 17.3 Å². The van der Waals surface area contributed by atoms with E-state index in [0.717, 1.165) is 5.39 Å². The van der Waals surface area contributed by atoms with Crippen molar-refractivity contribution in [1.29, 1.82) is 0 Å². The number of nitrogens with zero attached hydrogens (tertiary/aromatic N) is 1. The molecule has 0 aliphatic heterocycles. The molecule has 2 N–H and O–H groups in total. The van der Waals surface area contributed by atoms with Gasteiger partial charge in [-0.05, 0) is 24.4 Å². The molecule has 3 rings (SSSR count). The van der Waals surface area contributed by atoms with Crippen LogP contribution >= 0.6 is 0 Å². The summed E-state index contributed by atoms with van der Waals surface area (Å²) in [4.78, 5) is 35.2. The predicted octanol–water partition coefficient (Wildman–Crippen LogP) is 3.65. The summed E-state index contributed by atoms with van der Waals surface area (Å²) < 4.78 is 10.2. The number of esters is 1. The third-order valence-electron chi connectivity index (χ3n) is 4.43. The number of hydrogen-bond donors (Lipinski definition) is 2. The molecule has 0 aliphatic rings. The lowest BCUT2D eigenvalue weighted by Crippen LogP contribution is -2.30. The highest BCUT2D eigenvalue weighted by molar-refractivity contribution is 6.03. The number of nitrogens with one attached hydrogen (secondary N) is 1. The van der Waals surface area contributed by atoms with E-state index in [1.54, 1.807) is 30.3 Å². The number of carbonyl (C=O) groups excluding carboxylic acids is 2. The van der Waals surface area contributed by atoms with Crippen LogP contribution < -0.4 is 10.1 Å². The first-order valence-electron chi connectivity index (χ1n) is 8.86. The fourth-order valence-electron chi connectivity index (χ4n) is 2.83. The summed E-state index contributed by atoms with van der Waals surface area (Å²) in [6.45, 7) is 1.36. The van der Waals surface area contributed by atoms with Gasteiger partial charge in [0.15, 0.2) is 6.10 Å². The molecule has 0 bridgehead atoms. The summed E-state index contributed by atoms with van der Waals surface area (Å²) in [5.41, 5.74) is -0.0816. The van der Waals surface area contributed by atoms with Gasteiger partial charge in [-0.2, -0.15) is 0 Å². The average molecular weight is 410 g/mol. The zero-order chi connectivity index (χ0) is 21.8. The van der Waals surface area contributed by atoms with Crippen LogP contribution in [0.5, 0.6) is 11.5 Å². The minimum Gasteiger partial charge on any atom is -0.506 e. The number of phenolic OH excluding ortho intramolecular Hbond substituents is 1. The number of anilines is 1. The second-order valence-corrected chi connectivity index (χ2v) is 6.36. The lowest BCUT2D eigenvalue weighted by molar-refractivity contribution is -0.384. The van der Waals surface area contributed by atoms with Gasteiger partial charge in [-0.15, -0.1) is 0 Å². The standard InChI is InChI=1S/C21H18N2O7/c1-12(20(25)22-17-10-8-14(23(27)28)11-18(17)29-2)30-21(26)16-9-7-13-5-3-4-6-15(13)19(16)24/h3-12,24H,1-2H3,(H,22,25)/t12-/m1/s1. The van der Waals surface area contributed by atoms with Gasteiger partial charge >= 0.3 is 5.97 Å². The van der Waals surface area contributed by atoms with Crippen molar-refractivity contribution in [2.24, 2.45) is 0 Å². The topological polar surface area (TPSA) is 128 Å². The monoisotopic (exact) mass is 410 g/mol. The van der Waals surface area contributed by atoms with E-state index in [4.69, 9.17) is 9.47 Å². The Labute approximate surface area is 171 Å². The summed E-state index contributed by atoms with van der Waals surface area (Å²) >= 11 is 0. The Bertz CT molecular complexity index is 1140. The van der Waals surface area contributed by atoms with Crippen LogP contribution in [0.15, 0.2) is 54.6 Å². The number of nitro groups is 1. The molecule has 0 aromatic heterocycles. The lowest BCUT2D eigenvalue weighted by Gasteiger charge is -2.16. The van der Waals surface area contributed by atoms with Gasteiger partial charge in [-0.1, -0.05) is 30.3 Å². The quantitative estimate of drug-likeness (QED) is 0.361. The number of rotatable bonds is 6. The van der Waals surface area contributed by atoms with Crippen molar-refractivity contribution in [2.75, 3.05) is 12.4 Å². The molecule has 0 radical (unpaired) electrons. The lowest BCUT2D eigenvalue weighted by atomic mass is 10.1. The van der Waals surface area contributed by atoms with Crippen molar-refractivity contribution in [1.82, 2.24) is 0 Å². The largest absolute Gasteiger partial charge is 0.506 e. The van der Waals surface area contributed by atoms with E-state index in [0.29, 0.717) is 5.39 Å². The highest BCUT2D eigenvalue weighted by atomic mass is 16.6. The molecule has 30 heavy (non-hydrogen) atoms. The van der Waals surface area contributed by atoms with Crippen LogP contribution in [-0.4, -0.2) is 35.1 Å². The molecule has 3 aromatic carbocycles. The van der Waals surface area contributed by atoms with E-state index in [9.17, 15) is 24.8 Å². The molecule has 0 saturated heterocycles. The maximum Gasteiger partial charge on any atom is 0.342 e. The molecular weight excluding hydrogens is 392 g/mol. The number of nitro benzene ring substituents is 1. The van der Waals surface area contributed by atoms with Crippen molar-refractivity contribution in [3.8, 4) is 11.5 Å². The fraction of sp³-hybridized carbons (Fsp3) is 0.143. The molecule has 0 spiro atoms. The molecule has 0 unspecified atom stereocenters. The Morgan fingerprint density at radius 3 is 2.57 bits per heavy atom. The van der Waals surface area contributed by atoms with Crippen LogP contribution in [0, 0.1) is 10.1 Å². The van der Waals surface area contributed by atoms with Crippen molar-refractivity contribution < 1.29 is 29.1 Å². The van der Waals surface area contributed by atoms with Gasteiger partial charge in [-0.3, -0.25) is 14.9 Å². The number of amides is 1. The molecule has 0 heterocycles. The Morgan fingerprint density at radius 2 is 1.87 bits per heavy atom. The number of benzene rings is 3. The Hall–Kier alpha value is -4.14. The smallest absolute Gasteiger partial charge is 0.342 e. The summed E-state index contributed by atoms with van der Waals surface area (Å²) in [6, 6.07) is 13.8. The minimum atomic E-state index is -1.21. The van der Waals surface area contributed by atoms with Crippen LogP contribution in [0.25, 0.3) is 10.8 Å². The molecule has 9 heteroatoms. The van der Waals surface area contributed by atoms with Gasteiger partial charge in [0.25, 0.3) is 11.6 Å². The normalized spacial score (nSPS) is 11.5. The molecule has 154 valence electrons. The summed E-state index contributed by atoms with van der Waals surface area (Å²) in [5.74, 6) is -1.68. The number of aromatic hydroxyl groups is 1. The van der Waals surface area contributed by atoms with E-state index < -0.39 is 22.9 Å². The maximum absolute atomic E-state index is 12.5. The number of carbonyl (C=O) groups is 2. The zero-order valence-electron chi connectivity index (χ0n) is 16.1. The second kappa shape index (κ2) is 8.48. The number of methoxy groups -OCH3 is 1. The van der Waals surface area contributed by atoms with Gasteiger partial charge in [0.2, 0.25) is 0 Å². The molecule has 0 saturated carbocycles. The molecule has 0 fully saturated rings. The number of hydrogen-bond acceptors (Lipinski definition) is 7. The summed E-state index contributed by atoms with van der Waals surface area (Å²) in [7, 11) is 1.31. The Kier molecular flexibility index (Phi) is 5.82. The van der Waals surface area contributed by atoms with Gasteiger partial charge in [0.1, 0.15) is 17.1 Å². The molecule has 1 atom stereocenters. The number of ether oxygens (including phenoxy) is 2. The zero-order valence-corrected chi connectivity index (χ0v) is 16.1. The number of fused-ring (bicyclic) bond motifs is 1. The third kappa shape index (κ3) is 4.14. The van der Waals surface area contributed by atoms with Crippen molar-refractivity contribution in [3.05, 3.63) is 70.3 Å². The van der Waals surface area contributed by atoms with E-state index in [1.165, 1.54) is 38.3 Å². The molecule has 1 amide bonds. The average Bonchev–Trinajstić information content (AvgIpc) is 2.74. The highest BCUT2D eigenvalue weighted by Crippen LogP contribution is 2.30. The van der Waals surface area contributed by atoms with E-state index in [2.05, 4.69) is 5.32 Å². The van der Waals surface area contributed by atoms with Crippen LogP contribution in [0.3, 0.4) is 0 Å². The van der Waals surface area contributed by atoms with E-state index >= 15 is 0 Å². The molecular formula is C21H18N2O7. The number of phenols is 1. The number of non-ortho nitro benzene ring substituents is 1. The van der Waals surface area contributed by atoms with Gasteiger partial charge in [0, 0.05) is 11.5 Å². The Balaban J connectivity index is 1.74. The van der Waals surface area contributed by atoms with Crippen LogP contribution in [0.4, 0.5) is 11.4 Å². The Morgan fingerprint density at radius 1 is 1.13 bits per heavy atom.